The van der Waals surface area contributed by atoms with Crippen molar-refractivity contribution in [2.45, 2.75) is 13.0 Å². The summed E-state index contributed by atoms with van der Waals surface area (Å²) < 4.78 is 1.41. The van der Waals surface area contributed by atoms with E-state index in [2.05, 4.69) is 15.6 Å². The Labute approximate surface area is 115 Å². The minimum Gasteiger partial charge on any atom is -0.396 e. The Hall–Kier alpha value is -1.92. The molecule has 0 atom stereocenters. The van der Waals surface area contributed by atoms with Gasteiger partial charge >= 0.3 is 0 Å². The third-order valence-corrected chi connectivity index (χ3v) is 2.74. The number of aliphatic hydroxyl groups is 1. The normalized spacial score (nSPS) is 10.4. The highest BCUT2D eigenvalue weighted by atomic mass is 35.5. The van der Waals surface area contributed by atoms with Crippen LogP contribution < -0.4 is 5.32 Å². The predicted octanol–water partition coefficient (Wildman–Crippen LogP) is 1.10. The highest BCUT2D eigenvalue weighted by molar-refractivity contribution is 6.33. The monoisotopic (exact) mass is 280 g/mol. The molecule has 1 heterocycles. The van der Waals surface area contributed by atoms with Crippen LogP contribution in [-0.4, -0.2) is 32.6 Å². The standard InChI is InChI=1S/C12H13ClN4O2/c13-10-3-1-2-4-11(10)14-12(19)8-17-7-9(5-6-18)15-16-17/h1-4,7,18H,5-6,8H2,(H,14,19). The molecule has 2 rings (SSSR count). The number of para-hydroxylation sites is 1. The molecule has 1 aromatic carbocycles. The number of carbonyl (C=O) groups is 1. The van der Waals surface area contributed by atoms with Crippen molar-refractivity contribution in [3.8, 4) is 0 Å². The highest BCUT2D eigenvalue weighted by Crippen LogP contribution is 2.20. The number of aliphatic hydroxyl groups excluding tert-OH is 1. The fraction of sp³-hybridized carbons (Fsp3) is 0.250. The summed E-state index contributed by atoms with van der Waals surface area (Å²) in [7, 11) is 0. The number of rotatable bonds is 5. The van der Waals surface area contributed by atoms with Crippen molar-refractivity contribution in [3.63, 3.8) is 0 Å². The lowest BCUT2D eigenvalue weighted by Crippen LogP contribution is -2.19. The molecule has 0 saturated heterocycles. The maximum absolute atomic E-state index is 11.8. The van der Waals surface area contributed by atoms with Crippen molar-refractivity contribution in [2.24, 2.45) is 0 Å². The lowest BCUT2D eigenvalue weighted by atomic mass is 10.3. The molecular formula is C12H13ClN4O2. The zero-order valence-electron chi connectivity index (χ0n) is 10.1. The summed E-state index contributed by atoms with van der Waals surface area (Å²) in [6, 6.07) is 7.00. The first-order valence-corrected chi connectivity index (χ1v) is 6.11. The van der Waals surface area contributed by atoms with E-state index in [-0.39, 0.29) is 19.1 Å². The van der Waals surface area contributed by atoms with Gasteiger partial charge in [0.05, 0.1) is 16.4 Å². The van der Waals surface area contributed by atoms with Crippen LogP contribution in [-0.2, 0) is 17.8 Å². The summed E-state index contributed by atoms with van der Waals surface area (Å²) in [5, 5.41) is 19.6. The molecule has 0 aliphatic rings. The number of aromatic nitrogens is 3. The van der Waals surface area contributed by atoms with Gasteiger partial charge in [-0.3, -0.25) is 4.79 Å². The second-order valence-corrected chi connectivity index (χ2v) is 4.32. The van der Waals surface area contributed by atoms with Gasteiger partial charge in [-0.1, -0.05) is 28.9 Å². The first kappa shape index (κ1) is 13.5. The molecule has 6 nitrogen and oxygen atoms in total. The zero-order chi connectivity index (χ0) is 13.7. The number of benzene rings is 1. The third-order valence-electron chi connectivity index (χ3n) is 2.41. The Kier molecular flexibility index (Phi) is 4.48. The van der Waals surface area contributed by atoms with Crippen molar-refractivity contribution in [3.05, 3.63) is 41.2 Å². The molecule has 0 fully saturated rings. The molecule has 7 heteroatoms. The number of nitrogens with one attached hydrogen (secondary N) is 1. The predicted molar refractivity (Wildman–Crippen MR) is 70.9 cm³/mol. The SMILES string of the molecule is O=C(Cn1cc(CCO)nn1)Nc1ccccc1Cl. The number of hydrogen-bond acceptors (Lipinski definition) is 4. The van der Waals surface area contributed by atoms with Crippen LogP contribution in [0.1, 0.15) is 5.69 Å². The molecule has 0 spiro atoms. The topological polar surface area (TPSA) is 80.0 Å². The van der Waals surface area contributed by atoms with Crippen LogP contribution in [0, 0.1) is 0 Å². The van der Waals surface area contributed by atoms with Crippen molar-refractivity contribution >= 4 is 23.2 Å². The minimum atomic E-state index is -0.242. The number of nitrogens with zero attached hydrogens (tertiary/aromatic N) is 3. The number of hydrogen-bond donors (Lipinski definition) is 2. The van der Waals surface area contributed by atoms with Crippen LogP contribution in [0.3, 0.4) is 0 Å². The molecule has 0 radical (unpaired) electrons. The third kappa shape index (κ3) is 3.77. The summed E-state index contributed by atoms with van der Waals surface area (Å²) >= 11 is 5.94. The van der Waals surface area contributed by atoms with Gasteiger partial charge in [0.25, 0.3) is 0 Å². The molecule has 2 aromatic rings. The molecule has 100 valence electrons. The fourth-order valence-electron chi connectivity index (χ4n) is 1.54. The van der Waals surface area contributed by atoms with E-state index in [1.807, 2.05) is 0 Å². The van der Waals surface area contributed by atoms with Gasteiger partial charge in [-0.2, -0.15) is 0 Å². The van der Waals surface area contributed by atoms with Gasteiger partial charge in [0.1, 0.15) is 6.54 Å². The van der Waals surface area contributed by atoms with Gasteiger partial charge in [-0.05, 0) is 12.1 Å². The zero-order valence-corrected chi connectivity index (χ0v) is 10.8. The van der Waals surface area contributed by atoms with Crippen LogP contribution in [0.2, 0.25) is 5.02 Å². The molecule has 0 saturated carbocycles. The van der Waals surface area contributed by atoms with E-state index in [1.165, 1.54) is 4.68 Å². The average molecular weight is 281 g/mol. The molecule has 19 heavy (non-hydrogen) atoms. The van der Waals surface area contributed by atoms with Gasteiger partial charge in [-0.25, -0.2) is 4.68 Å². The second-order valence-electron chi connectivity index (χ2n) is 3.91. The summed E-state index contributed by atoms with van der Waals surface area (Å²) in [6.07, 6.45) is 2.05. The first-order valence-electron chi connectivity index (χ1n) is 5.73. The van der Waals surface area contributed by atoms with E-state index >= 15 is 0 Å². The molecule has 2 N–H and O–H groups in total. The minimum absolute atomic E-state index is 0.00448. The van der Waals surface area contributed by atoms with E-state index in [0.717, 1.165) is 0 Å². The molecular weight excluding hydrogens is 268 g/mol. The molecule has 0 bridgehead atoms. The summed E-state index contributed by atoms with van der Waals surface area (Å²) in [5.41, 5.74) is 1.21. The van der Waals surface area contributed by atoms with Gasteiger partial charge < -0.3 is 10.4 Å². The maximum atomic E-state index is 11.8. The molecule has 0 aliphatic heterocycles. The van der Waals surface area contributed by atoms with Crippen molar-refractivity contribution < 1.29 is 9.90 Å². The van der Waals surface area contributed by atoms with E-state index < -0.39 is 0 Å². The van der Waals surface area contributed by atoms with Crippen LogP contribution in [0.4, 0.5) is 5.69 Å². The molecule has 1 aromatic heterocycles. The van der Waals surface area contributed by atoms with Crippen LogP contribution in [0.5, 0.6) is 0 Å². The Morgan fingerprint density at radius 1 is 1.42 bits per heavy atom. The largest absolute Gasteiger partial charge is 0.396 e. The fourth-order valence-corrected chi connectivity index (χ4v) is 1.73. The quantitative estimate of drug-likeness (QED) is 0.860. The number of amides is 1. The first-order chi connectivity index (χ1) is 9.19. The van der Waals surface area contributed by atoms with Crippen molar-refractivity contribution in [2.75, 3.05) is 11.9 Å². The highest BCUT2D eigenvalue weighted by Gasteiger charge is 2.08. The second kappa shape index (κ2) is 6.31. The van der Waals surface area contributed by atoms with E-state index in [9.17, 15) is 4.79 Å². The van der Waals surface area contributed by atoms with Crippen molar-refractivity contribution in [1.29, 1.82) is 0 Å². The van der Waals surface area contributed by atoms with Crippen LogP contribution >= 0.6 is 11.6 Å². The Morgan fingerprint density at radius 2 is 2.21 bits per heavy atom. The van der Waals surface area contributed by atoms with Crippen molar-refractivity contribution in [1.82, 2.24) is 15.0 Å². The van der Waals surface area contributed by atoms with Crippen LogP contribution in [0.25, 0.3) is 0 Å². The lowest BCUT2D eigenvalue weighted by molar-refractivity contribution is -0.116. The molecule has 1 amide bonds. The maximum Gasteiger partial charge on any atom is 0.246 e. The summed E-state index contributed by atoms with van der Waals surface area (Å²) in [4.78, 5) is 11.8. The number of anilines is 1. The summed E-state index contributed by atoms with van der Waals surface area (Å²) in [5.74, 6) is -0.242. The molecule has 0 aliphatic carbocycles. The number of carbonyl (C=O) groups excluding carboxylic acids is 1. The van der Waals surface area contributed by atoms with E-state index in [4.69, 9.17) is 16.7 Å². The molecule has 0 unspecified atom stereocenters. The lowest BCUT2D eigenvalue weighted by Gasteiger charge is -2.06. The summed E-state index contributed by atoms with van der Waals surface area (Å²) in [6.45, 7) is 0.0498. The Balaban J connectivity index is 1.95. The van der Waals surface area contributed by atoms with E-state index in [0.29, 0.717) is 22.8 Å². The Morgan fingerprint density at radius 3 is 2.95 bits per heavy atom. The number of halogens is 1. The van der Waals surface area contributed by atoms with Gasteiger partial charge in [0.15, 0.2) is 0 Å². The van der Waals surface area contributed by atoms with Gasteiger partial charge in [-0.15, -0.1) is 5.10 Å². The van der Waals surface area contributed by atoms with E-state index in [1.54, 1.807) is 30.5 Å². The smallest absolute Gasteiger partial charge is 0.246 e. The van der Waals surface area contributed by atoms with Gasteiger partial charge in [0.2, 0.25) is 5.91 Å². The van der Waals surface area contributed by atoms with Gasteiger partial charge in [0, 0.05) is 19.2 Å². The van der Waals surface area contributed by atoms with Crippen LogP contribution in [0.15, 0.2) is 30.5 Å². The Bertz CT molecular complexity index is 570. The average Bonchev–Trinajstić information content (AvgIpc) is 2.80.